The lowest BCUT2D eigenvalue weighted by Gasteiger charge is -2.35. The second-order valence-corrected chi connectivity index (χ2v) is 6.07. The molecule has 6 nitrogen and oxygen atoms in total. The molecule has 1 aromatic heterocycles. The average Bonchev–Trinajstić information content (AvgIpc) is 2.47. The normalized spacial score (nSPS) is 25.6. The Bertz CT molecular complexity index is 511. The van der Waals surface area contributed by atoms with Crippen LogP contribution in [-0.2, 0) is 0 Å². The molecule has 2 rings (SSSR count). The number of anilines is 1. The van der Waals surface area contributed by atoms with E-state index >= 15 is 0 Å². The van der Waals surface area contributed by atoms with E-state index in [0.29, 0.717) is 12.5 Å². The summed E-state index contributed by atoms with van der Waals surface area (Å²) in [5.74, 6) is 0.925. The maximum absolute atomic E-state index is 11.0. The molecule has 0 bridgehead atoms. The molecule has 0 spiro atoms. The molecule has 0 atom stereocenters. The van der Waals surface area contributed by atoms with E-state index in [0.717, 1.165) is 37.7 Å². The SMILES string of the molecule is CCC1CCC(O)(CNc2ncc(C)cc2[N+](=O)[O-])CC1. The standard InChI is InChI=1S/C15H23N3O3/c1-3-12-4-6-15(19,7-5-12)10-17-14-13(18(20)21)8-11(2)9-16-14/h8-9,12,19H,3-7,10H2,1-2H3,(H,16,17). The third kappa shape index (κ3) is 3.91. The minimum Gasteiger partial charge on any atom is -0.388 e. The Morgan fingerprint density at radius 2 is 2.19 bits per heavy atom. The van der Waals surface area contributed by atoms with Crippen molar-refractivity contribution in [2.24, 2.45) is 5.92 Å². The molecule has 1 saturated carbocycles. The fraction of sp³-hybridized carbons (Fsp3) is 0.667. The van der Waals surface area contributed by atoms with Gasteiger partial charge in [-0.3, -0.25) is 10.1 Å². The molecular formula is C15H23N3O3. The quantitative estimate of drug-likeness (QED) is 0.643. The maximum atomic E-state index is 11.0. The van der Waals surface area contributed by atoms with E-state index in [2.05, 4.69) is 17.2 Å². The van der Waals surface area contributed by atoms with E-state index in [1.54, 1.807) is 13.1 Å². The number of aliphatic hydroxyl groups is 1. The van der Waals surface area contributed by atoms with Crippen molar-refractivity contribution in [3.8, 4) is 0 Å². The zero-order chi connectivity index (χ0) is 15.5. The van der Waals surface area contributed by atoms with Gasteiger partial charge in [0, 0.05) is 18.8 Å². The molecule has 0 saturated heterocycles. The number of nitrogens with zero attached hydrogens (tertiary/aromatic N) is 2. The fourth-order valence-electron chi connectivity index (χ4n) is 2.88. The summed E-state index contributed by atoms with van der Waals surface area (Å²) in [6.07, 6.45) is 6.23. The molecule has 1 aliphatic carbocycles. The van der Waals surface area contributed by atoms with Crippen LogP contribution in [-0.4, -0.2) is 27.2 Å². The van der Waals surface area contributed by atoms with Crippen LogP contribution >= 0.6 is 0 Å². The van der Waals surface area contributed by atoms with Gasteiger partial charge in [-0.25, -0.2) is 4.98 Å². The van der Waals surface area contributed by atoms with Crippen molar-refractivity contribution in [1.29, 1.82) is 0 Å². The highest BCUT2D eigenvalue weighted by Gasteiger charge is 2.33. The molecule has 0 radical (unpaired) electrons. The molecular weight excluding hydrogens is 270 g/mol. The molecule has 6 heteroatoms. The van der Waals surface area contributed by atoms with Gasteiger partial charge in [0.1, 0.15) is 0 Å². The summed E-state index contributed by atoms with van der Waals surface area (Å²) < 4.78 is 0. The van der Waals surface area contributed by atoms with Crippen LogP contribution in [0.4, 0.5) is 11.5 Å². The van der Waals surface area contributed by atoms with Crippen LogP contribution in [0.1, 0.15) is 44.6 Å². The van der Waals surface area contributed by atoms with Gasteiger partial charge in [0.15, 0.2) is 0 Å². The van der Waals surface area contributed by atoms with Crippen LogP contribution < -0.4 is 5.32 Å². The number of nitrogens with one attached hydrogen (secondary N) is 1. The zero-order valence-corrected chi connectivity index (χ0v) is 12.6. The molecule has 0 aromatic carbocycles. The molecule has 1 aromatic rings. The molecule has 21 heavy (non-hydrogen) atoms. The minimum absolute atomic E-state index is 0.0409. The average molecular weight is 293 g/mol. The first-order chi connectivity index (χ1) is 9.93. The van der Waals surface area contributed by atoms with Gasteiger partial charge in [-0.1, -0.05) is 13.3 Å². The number of aromatic nitrogens is 1. The number of rotatable bonds is 5. The fourth-order valence-corrected chi connectivity index (χ4v) is 2.88. The third-order valence-corrected chi connectivity index (χ3v) is 4.40. The van der Waals surface area contributed by atoms with Crippen molar-refractivity contribution in [3.05, 3.63) is 27.9 Å². The lowest BCUT2D eigenvalue weighted by Crippen LogP contribution is -2.40. The molecule has 0 aliphatic heterocycles. The Morgan fingerprint density at radius 1 is 1.52 bits per heavy atom. The van der Waals surface area contributed by atoms with Crippen LogP contribution in [0.25, 0.3) is 0 Å². The van der Waals surface area contributed by atoms with E-state index in [1.807, 2.05) is 0 Å². The minimum atomic E-state index is -0.786. The summed E-state index contributed by atoms with van der Waals surface area (Å²) in [6, 6.07) is 1.49. The molecule has 0 unspecified atom stereocenters. The van der Waals surface area contributed by atoms with Crippen molar-refractivity contribution in [1.82, 2.24) is 4.98 Å². The summed E-state index contributed by atoms with van der Waals surface area (Å²) in [5.41, 5.74) is -0.0817. The van der Waals surface area contributed by atoms with E-state index in [4.69, 9.17) is 0 Å². The zero-order valence-electron chi connectivity index (χ0n) is 12.6. The van der Waals surface area contributed by atoms with Gasteiger partial charge in [-0.05, 0) is 44.1 Å². The lowest BCUT2D eigenvalue weighted by atomic mass is 9.78. The molecule has 1 heterocycles. The Morgan fingerprint density at radius 3 is 2.76 bits per heavy atom. The van der Waals surface area contributed by atoms with Gasteiger partial charge in [-0.2, -0.15) is 0 Å². The Balaban J connectivity index is 2.01. The Labute approximate surface area is 124 Å². The number of aryl methyl sites for hydroxylation is 1. The molecule has 1 fully saturated rings. The Hall–Kier alpha value is -1.69. The van der Waals surface area contributed by atoms with Crippen molar-refractivity contribution in [2.75, 3.05) is 11.9 Å². The van der Waals surface area contributed by atoms with Crippen molar-refractivity contribution >= 4 is 11.5 Å². The van der Waals surface area contributed by atoms with E-state index in [-0.39, 0.29) is 11.5 Å². The monoisotopic (exact) mass is 293 g/mol. The van der Waals surface area contributed by atoms with Gasteiger partial charge >= 0.3 is 5.69 Å². The summed E-state index contributed by atoms with van der Waals surface area (Å²) in [5, 5.41) is 24.6. The third-order valence-electron chi connectivity index (χ3n) is 4.40. The van der Waals surface area contributed by atoms with Gasteiger partial charge in [0.2, 0.25) is 5.82 Å². The van der Waals surface area contributed by atoms with E-state index < -0.39 is 10.5 Å². The highest BCUT2D eigenvalue weighted by atomic mass is 16.6. The van der Waals surface area contributed by atoms with Gasteiger partial charge in [0.05, 0.1) is 10.5 Å². The molecule has 1 aliphatic rings. The van der Waals surface area contributed by atoms with Gasteiger partial charge < -0.3 is 10.4 Å². The first-order valence-electron chi connectivity index (χ1n) is 7.51. The molecule has 0 amide bonds. The van der Waals surface area contributed by atoms with Crippen LogP contribution in [0, 0.1) is 23.0 Å². The largest absolute Gasteiger partial charge is 0.388 e. The van der Waals surface area contributed by atoms with E-state index in [9.17, 15) is 15.2 Å². The first kappa shape index (κ1) is 15.7. The maximum Gasteiger partial charge on any atom is 0.311 e. The van der Waals surface area contributed by atoms with Crippen molar-refractivity contribution in [2.45, 2.75) is 51.6 Å². The summed E-state index contributed by atoms with van der Waals surface area (Å²) in [7, 11) is 0. The van der Waals surface area contributed by atoms with Crippen LogP contribution in [0.15, 0.2) is 12.3 Å². The van der Waals surface area contributed by atoms with Crippen LogP contribution in [0.2, 0.25) is 0 Å². The number of hydrogen-bond donors (Lipinski definition) is 2. The molecule has 2 N–H and O–H groups in total. The highest BCUT2D eigenvalue weighted by molar-refractivity contribution is 5.56. The van der Waals surface area contributed by atoms with Gasteiger partial charge in [-0.15, -0.1) is 0 Å². The second-order valence-electron chi connectivity index (χ2n) is 6.07. The summed E-state index contributed by atoms with van der Waals surface area (Å²) in [6.45, 7) is 4.25. The smallest absolute Gasteiger partial charge is 0.311 e. The number of nitro groups is 1. The molecule has 116 valence electrons. The number of hydrogen-bond acceptors (Lipinski definition) is 5. The Kier molecular flexibility index (Phi) is 4.77. The van der Waals surface area contributed by atoms with Crippen molar-refractivity contribution < 1.29 is 10.0 Å². The summed E-state index contributed by atoms with van der Waals surface area (Å²) >= 11 is 0. The number of pyridine rings is 1. The lowest BCUT2D eigenvalue weighted by molar-refractivity contribution is -0.384. The predicted molar refractivity (Wildman–Crippen MR) is 81.3 cm³/mol. The predicted octanol–water partition coefficient (Wildman–Crippen LogP) is 3.04. The van der Waals surface area contributed by atoms with E-state index in [1.165, 1.54) is 6.07 Å². The van der Waals surface area contributed by atoms with Gasteiger partial charge in [0.25, 0.3) is 0 Å². The van der Waals surface area contributed by atoms with Crippen molar-refractivity contribution in [3.63, 3.8) is 0 Å². The first-order valence-corrected chi connectivity index (χ1v) is 7.51. The topological polar surface area (TPSA) is 88.3 Å². The summed E-state index contributed by atoms with van der Waals surface area (Å²) in [4.78, 5) is 14.7. The van der Waals surface area contributed by atoms with Crippen LogP contribution in [0.5, 0.6) is 0 Å². The van der Waals surface area contributed by atoms with Crippen LogP contribution in [0.3, 0.4) is 0 Å². The highest BCUT2D eigenvalue weighted by Crippen LogP contribution is 2.34. The second kappa shape index (κ2) is 6.39.